The molecule has 0 aliphatic carbocycles. The summed E-state index contributed by atoms with van der Waals surface area (Å²) >= 11 is 7.31. The van der Waals surface area contributed by atoms with Crippen molar-refractivity contribution in [3.63, 3.8) is 0 Å². The molecule has 0 saturated carbocycles. The number of thioether (sulfide) groups is 1. The molecule has 5 nitrogen and oxygen atoms in total. The van der Waals surface area contributed by atoms with Crippen LogP contribution < -0.4 is 0 Å². The van der Waals surface area contributed by atoms with Gasteiger partial charge in [-0.15, -0.1) is 11.6 Å². The number of aryl methyl sites for hydroxylation is 2. The van der Waals surface area contributed by atoms with Gasteiger partial charge >= 0.3 is 0 Å². The van der Waals surface area contributed by atoms with Gasteiger partial charge in [0.1, 0.15) is 4.90 Å². The minimum Gasteiger partial charge on any atom is -0.267 e. The Labute approximate surface area is 124 Å². The van der Waals surface area contributed by atoms with Crippen molar-refractivity contribution in [2.75, 3.05) is 31.5 Å². The van der Waals surface area contributed by atoms with Gasteiger partial charge in [0.25, 0.3) is 0 Å². The zero-order valence-electron chi connectivity index (χ0n) is 11.7. The Hall–Kier alpha value is -0.240. The van der Waals surface area contributed by atoms with E-state index in [1.54, 1.807) is 37.3 Å². The Bertz CT molecular complexity index is 528. The third kappa shape index (κ3) is 3.65. The highest BCUT2D eigenvalue weighted by atomic mass is 35.5. The number of alkyl halides is 1. The van der Waals surface area contributed by atoms with E-state index in [1.807, 2.05) is 6.26 Å². The summed E-state index contributed by atoms with van der Waals surface area (Å²) in [6, 6.07) is 0. The van der Waals surface area contributed by atoms with Crippen molar-refractivity contribution < 1.29 is 8.42 Å². The Morgan fingerprint density at radius 2 is 2.05 bits per heavy atom. The Morgan fingerprint density at radius 1 is 1.42 bits per heavy atom. The van der Waals surface area contributed by atoms with Crippen LogP contribution in [0.25, 0.3) is 0 Å². The lowest BCUT2D eigenvalue weighted by molar-refractivity contribution is 0.487. The van der Waals surface area contributed by atoms with E-state index in [4.69, 9.17) is 11.6 Å². The zero-order valence-corrected chi connectivity index (χ0v) is 14.1. The first-order chi connectivity index (χ1) is 8.86. The molecule has 0 aliphatic rings. The average molecular weight is 326 g/mol. The van der Waals surface area contributed by atoms with E-state index in [2.05, 4.69) is 5.10 Å². The number of aromatic nitrogens is 2. The summed E-state index contributed by atoms with van der Waals surface area (Å²) in [4.78, 5) is 0.307. The van der Waals surface area contributed by atoms with Crippen LogP contribution >= 0.6 is 23.4 Å². The van der Waals surface area contributed by atoms with Crippen molar-refractivity contribution in [3.8, 4) is 0 Å². The van der Waals surface area contributed by atoms with Gasteiger partial charge in [0, 0.05) is 25.2 Å². The van der Waals surface area contributed by atoms with E-state index in [9.17, 15) is 8.42 Å². The van der Waals surface area contributed by atoms with Crippen LogP contribution in [-0.4, -0.2) is 54.0 Å². The predicted molar refractivity (Wildman–Crippen MR) is 80.6 cm³/mol. The third-order valence-corrected chi connectivity index (χ3v) is 5.76. The van der Waals surface area contributed by atoms with Crippen LogP contribution in [0, 0.1) is 13.8 Å². The molecule has 8 heteroatoms. The van der Waals surface area contributed by atoms with E-state index in [-0.39, 0.29) is 0 Å². The third-order valence-electron chi connectivity index (χ3n) is 2.89. The maximum atomic E-state index is 12.5. The van der Waals surface area contributed by atoms with E-state index in [0.717, 1.165) is 5.75 Å². The molecule has 1 aromatic rings. The molecular formula is C11H20ClN3O2S2. The first-order valence-electron chi connectivity index (χ1n) is 5.91. The number of sulfonamides is 1. The quantitative estimate of drug-likeness (QED) is 0.716. The molecule has 0 fully saturated rings. The molecule has 0 atom stereocenters. The van der Waals surface area contributed by atoms with E-state index in [1.165, 1.54) is 4.31 Å². The zero-order chi connectivity index (χ0) is 14.6. The summed E-state index contributed by atoms with van der Waals surface area (Å²) in [7, 11) is -1.88. The Kier molecular flexibility index (Phi) is 6.16. The molecule has 1 rings (SSSR count). The van der Waals surface area contributed by atoms with Gasteiger partial charge in [-0.05, 0) is 20.1 Å². The van der Waals surface area contributed by atoms with Gasteiger partial charge in [0.15, 0.2) is 0 Å². The van der Waals surface area contributed by atoms with E-state index in [0.29, 0.717) is 35.3 Å². The van der Waals surface area contributed by atoms with Crippen LogP contribution in [0.15, 0.2) is 4.90 Å². The van der Waals surface area contributed by atoms with Crippen LogP contribution in [0.3, 0.4) is 0 Å². The molecule has 0 unspecified atom stereocenters. The van der Waals surface area contributed by atoms with Crippen LogP contribution in [0.5, 0.6) is 0 Å². The molecule has 0 aromatic carbocycles. The van der Waals surface area contributed by atoms with Crippen molar-refractivity contribution in [1.29, 1.82) is 0 Å². The summed E-state index contributed by atoms with van der Waals surface area (Å²) in [5, 5.41) is 4.25. The highest BCUT2D eigenvalue weighted by molar-refractivity contribution is 7.98. The highest BCUT2D eigenvalue weighted by Gasteiger charge is 2.28. The summed E-state index contributed by atoms with van der Waals surface area (Å²) < 4.78 is 28.1. The Balaban J connectivity index is 3.14. The summed E-state index contributed by atoms with van der Waals surface area (Å²) in [6.45, 7) is 4.48. The SMILES string of the molecule is CSCCN(C)S(=O)(=O)c1c(C)nn(CCCl)c1C. The molecular weight excluding hydrogens is 306 g/mol. The highest BCUT2D eigenvalue weighted by Crippen LogP contribution is 2.22. The van der Waals surface area contributed by atoms with Gasteiger partial charge in [-0.2, -0.15) is 21.2 Å². The molecule has 0 spiro atoms. The summed E-state index contributed by atoms with van der Waals surface area (Å²) in [5.41, 5.74) is 1.17. The number of hydrogen-bond acceptors (Lipinski definition) is 4. The van der Waals surface area contributed by atoms with E-state index >= 15 is 0 Å². The van der Waals surface area contributed by atoms with Crippen LogP contribution in [0.1, 0.15) is 11.4 Å². The summed E-state index contributed by atoms with van der Waals surface area (Å²) in [5.74, 6) is 1.17. The summed E-state index contributed by atoms with van der Waals surface area (Å²) in [6.07, 6.45) is 1.95. The van der Waals surface area contributed by atoms with Gasteiger partial charge < -0.3 is 0 Å². The molecule has 19 heavy (non-hydrogen) atoms. The number of halogens is 1. The van der Waals surface area contributed by atoms with Gasteiger partial charge in [-0.3, -0.25) is 4.68 Å². The van der Waals surface area contributed by atoms with Gasteiger partial charge in [0.2, 0.25) is 10.0 Å². The van der Waals surface area contributed by atoms with Crippen molar-refractivity contribution >= 4 is 33.4 Å². The number of hydrogen-bond donors (Lipinski definition) is 0. The van der Waals surface area contributed by atoms with Crippen LogP contribution in [-0.2, 0) is 16.6 Å². The predicted octanol–water partition coefficient (Wildman–Crippen LogP) is 1.72. The molecule has 1 aromatic heterocycles. The molecule has 1 heterocycles. The standard InChI is InChI=1S/C11H20ClN3O2S2/c1-9-11(10(2)15(13-9)6-5-12)19(16,17)14(3)7-8-18-4/h5-8H2,1-4H3. The first kappa shape index (κ1) is 16.8. The van der Waals surface area contributed by atoms with Crippen LogP contribution in [0.4, 0.5) is 0 Å². The molecule has 0 saturated heterocycles. The normalized spacial score (nSPS) is 12.3. The second-order valence-electron chi connectivity index (χ2n) is 4.23. The topological polar surface area (TPSA) is 55.2 Å². The van der Waals surface area contributed by atoms with Gasteiger partial charge in [-0.1, -0.05) is 0 Å². The molecule has 0 amide bonds. The minimum atomic E-state index is -3.48. The molecule has 0 bridgehead atoms. The lowest BCUT2D eigenvalue weighted by Crippen LogP contribution is -2.29. The van der Waals surface area contributed by atoms with Crippen molar-refractivity contribution in [2.24, 2.45) is 0 Å². The largest absolute Gasteiger partial charge is 0.267 e. The number of nitrogens with zero attached hydrogens (tertiary/aromatic N) is 3. The second-order valence-corrected chi connectivity index (χ2v) is 7.58. The van der Waals surface area contributed by atoms with Gasteiger partial charge in [-0.25, -0.2) is 8.42 Å². The molecule has 0 N–H and O–H groups in total. The van der Waals surface area contributed by atoms with Crippen molar-refractivity contribution in [3.05, 3.63) is 11.4 Å². The first-order valence-corrected chi connectivity index (χ1v) is 9.28. The molecule has 0 aliphatic heterocycles. The maximum Gasteiger partial charge on any atom is 0.246 e. The van der Waals surface area contributed by atoms with Crippen molar-refractivity contribution in [1.82, 2.24) is 14.1 Å². The fraction of sp³-hybridized carbons (Fsp3) is 0.727. The second kappa shape index (κ2) is 6.97. The van der Waals surface area contributed by atoms with Gasteiger partial charge in [0.05, 0.1) is 17.9 Å². The number of rotatable bonds is 7. The van der Waals surface area contributed by atoms with Crippen LogP contribution in [0.2, 0.25) is 0 Å². The fourth-order valence-corrected chi connectivity index (χ4v) is 4.12. The fourth-order valence-electron chi connectivity index (χ4n) is 1.85. The maximum absolute atomic E-state index is 12.5. The smallest absolute Gasteiger partial charge is 0.246 e. The molecule has 0 radical (unpaired) electrons. The molecule has 110 valence electrons. The lowest BCUT2D eigenvalue weighted by atomic mass is 10.4. The lowest BCUT2D eigenvalue weighted by Gasteiger charge is -2.16. The van der Waals surface area contributed by atoms with Crippen molar-refractivity contribution in [2.45, 2.75) is 25.3 Å². The average Bonchev–Trinajstić information content (AvgIpc) is 2.62. The van der Waals surface area contributed by atoms with E-state index < -0.39 is 10.0 Å². The minimum absolute atomic E-state index is 0.307. The Morgan fingerprint density at radius 3 is 2.58 bits per heavy atom. The monoisotopic (exact) mass is 325 g/mol.